The molecule has 0 atom stereocenters. The molecule has 140 valence electrons. The molecule has 0 aliphatic heterocycles. The zero-order valence-electron chi connectivity index (χ0n) is 16.1. The summed E-state index contributed by atoms with van der Waals surface area (Å²) in [5.74, 6) is 0. The lowest BCUT2D eigenvalue weighted by atomic mass is 9.97. The van der Waals surface area contributed by atoms with E-state index in [1.807, 2.05) is 19.1 Å². The van der Waals surface area contributed by atoms with E-state index in [0.29, 0.717) is 0 Å². The first-order valence-corrected chi connectivity index (χ1v) is 10.2. The Balaban J connectivity index is 1.81. The summed E-state index contributed by atoms with van der Waals surface area (Å²) in [6.45, 7) is 2.03. The Morgan fingerprint density at radius 2 is 1.48 bits per heavy atom. The van der Waals surface area contributed by atoms with Crippen molar-refractivity contribution in [1.29, 1.82) is 0 Å². The van der Waals surface area contributed by atoms with Gasteiger partial charge in [0.15, 0.2) is 0 Å². The molecule has 0 amide bonds. The third-order valence-electron chi connectivity index (χ3n) is 5.36. The number of allylic oxidation sites excluding steroid dienone is 1. The molecule has 5 aromatic rings. The van der Waals surface area contributed by atoms with Gasteiger partial charge in [0.05, 0.1) is 11.0 Å². The van der Waals surface area contributed by atoms with Crippen LogP contribution in [0.4, 0.5) is 0 Å². The lowest BCUT2D eigenvalue weighted by Gasteiger charge is -2.10. The highest BCUT2D eigenvalue weighted by molar-refractivity contribution is 6.30. The van der Waals surface area contributed by atoms with Crippen LogP contribution in [0.1, 0.15) is 12.5 Å². The standard InChI is InChI=1S/C27H20ClN/c1-2-8-19-17-21(28)14-15-23(19)20-13-16-27-25(18-20)24-11-6-7-12-26(24)29(27)22-9-4-3-5-10-22/h2-18H,1H3. The number of para-hydroxylation sites is 2. The van der Waals surface area contributed by atoms with Crippen molar-refractivity contribution in [2.24, 2.45) is 0 Å². The zero-order chi connectivity index (χ0) is 19.8. The van der Waals surface area contributed by atoms with Crippen LogP contribution in [0.5, 0.6) is 0 Å². The Labute approximate surface area is 175 Å². The molecular weight excluding hydrogens is 374 g/mol. The highest BCUT2D eigenvalue weighted by Crippen LogP contribution is 2.36. The summed E-state index contributed by atoms with van der Waals surface area (Å²) < 4.78 is 2.34. The third-order valence-corrected chi connectivity index (χ3v) is 5.59. The monoisotopic (exact) mass is 393 g/mol. The summed E-state index contributed by atoms with van der Waals surface area (Å²) in [5, 5.41) is 3.27. The van der Waals surface area contributed by atoms with Crippen LogP contribution in [-0.2, 0) is 0 Å². The summed E-state index contributed by atoms with van der Waals surface area (Å²) in [6, 6.07) is 32.0. The van der Waals surface area contributed by atoms with Gasteiger partial charge in [-0.05, 0) is 66.1 Å². The molecule has 0 spiro atoms. The second kappa shape index (κ2) is 7.27. The zero-order valence-corrected chi connectivity index (χ0v) is 16.9. The van der Waals surface area contributed by atoms with Crippen LogP contribution >= 0.6 is 11.6 Å². The second-order valence-corrected chi connectivity index (χ2v) is 7.59. The molecule has 0 saturated heterocycles. The number of benzene rings is 4. The molecule has 0 N–H and O–H groups in total. The quantitative estimate of drug-likeness (QED) is 0.291. The van der Waals surface area contributed by atoms with E-state index >= 15 is 0 Å². The summed E-state index contributed by atoms with van der Waals surface area (Å²) in [4.78, 5) is 0. The van der Waals surface area contributed by atoms with Gasteiger partial charge >= 0.3 is 0 Å². The fourth-order valence-corrected chi connectivity index (χ4v) is 4.29. The first kappa shape index (κ1) is 17.8. The van der Waals surface area contributed by atoms with E-state index in [2.05, 4.69) is 95.6 Å². The van der Waals surface area contributed by atoms with E-state index in [0.717, 1.165) is 10.6 Å². The molecule has 5 rings (SSSR count). The fraction of sp³-hybridized carbons (Fsp3) is 0.0370. The Kier molecular flexibility index (Phi) is 4.46. The largest absolute Gasteiger partial charge is 0.309 e. The van der Waals surface area contributed by atoms with Gasteiger partial charge in [-0.1, -0.05) is 72.3 Å². The van der Waals surface area contributed by atoms with Crippen LogP contribution in [0.15, 0.2) is 97.1 Å². The minimum absolute atomic E-state index is 0.753. The van der Waals surface area contributed by atoms with E-state index in [9.17, 15) is 0 Å². The topological polar surface area (TPSA) is 4.93 Å². The molecule has 0 unspecified atom stereocenters. The SMILES string of the molecule is CC=Cc1cc(Cl)ccc1-c1ccc2c(c1)c1ccccc1n2-c1ccccc1. The first-order chi connectivity index (χ1) is 14.3. The molecule has 1 aromatic heterocycles. The van der Waals surface area contributed by atoms with Crippen LogP contribution in [0.25, 0.3) is 44.7 Å². The maximum atomic E-state index is 6.25. The molecule has 1 nitrogen and oxygen atoms in total. The molecule has 0 bridgehead atoms. The van der Waals surface area contributed by atoms with E-state index in [4.69, 9.17) is 11.6 Å². The molecule has 0 fully saturated rings. The molecule has 0 saturated carbocycles. The Bertz CT molecular complexity index is 1360. The average molecular weight is 394 g/mol. The predicted octanol–water partition coefficient (Wildman–Crippen LogP) is 8.14. The normalized spacial score (nSPS) is 11.7. The van der Waals surface area contributed by atoms with Gasteiger partial charge in [0, 0.05) is 21.5 Å². The molecule has 1 heterocycles. The summed E-state index contributed by atoms with van der Waals surface area (Å²) >= 11 is 6.25. The maximum absolute atomic E-state index is 6.25. The molecule has 0 aliphatic carbocycles. The van der Waals surface area contributed by atoms with Crippen LogP contribution < -0.4 is 0 Å². The number of hydrogen-bond acceptors (Lipinski definition) is 0. The maximum Gasteiger partial charge on any atom is 0.0541 e. The lowest BCUT2D eigenvalue weighted by molar-refractivity contribution is 1.18. The van der Waals surface area contributed by atoms with Crippen molar-refractivity contribution in [3.8, 4) is 16.8 Å². The number of hydrogen-bond donors (Lipinski definition) is 0. The fourth-order valence-electron chi connectivity index (χ4n) is 4.11. The van der Waals surface area contributed by atoms with Crippen LogP contribution in [-0.4, -0.2) is 4.57 Å². The summed E-state index contributed by atoms with van der Waals surface area (Å²) in [7, 11) is 0. The Morgan fingerprint density at radius 3 is 2.31 bits per heavy atom. The van der Waals surface area contributed by atoms with Crippen molar-refractivity contribution in [2.45, 2.75) is 6.92 Å². The average Bonchev–Trinajstić information content (AvgIpc) is 3.08. The number of fused-ring (bicyclic) bond motifs is 3. The molecule has 4 aromatic carbocycles. The Morgan fingerprint density at radius 1 is 0.724 bits per heavy atom. The highest BCUT2D eigenvalue weighted by atomic mass is 35.5. The number of nitrogens with zero attached hydrogens (tertiary/aromatic N) is 1. The molecular formula is C27H20ClN. The predicted molar refractivity (Wildman–Crippen MR) is 126 cm³/mol. The highest BCUT2D eigenvalue weighted by Gasteiger charge is 2.13. The van der Waals surface area contributed by atoms with Crippen molar-refractivity contribution in [2.75, 3.05) is 0 Å². The van der Waals surface area contributed by atoms with E-state index in [1.165, 1.54) is 38.6 Å². The van der Waals surface area contributed by atoms with Gasteiger partial charge < -0.3 is 4.57 Å². The molecule has 2 heteroatoms. The van der Waals surface area contributed by atoms with Crippen LogP contribution in [0.2, 0.25) is 5.02 Å². The van der Waals surface area contributed by atoms with Gasteiger partial charge in [-0.3, -0.25) is 0 Å². The van der Waals surface area contributed by atoms with Crippen LogP contribution in [0.3, 0.4) is 0 Å². The van der Waals surface area contributed by atoms with E-state index in [-0.39, 0.29) is 0 Å². The molecule has 0 aliphatic rings. The lowest BCUT2D eigenvalue weighted by Crippen LogP contribution is -1.93. The molecule has 0 radical (unpaired) electrons. The van der Waals surface area contributed by atoms with E-state index < -0.39 is 0 Å². The van der Waals surface area contributed by atoms with Gasteiger partial charge in [0.25, 0.3) is 0 Å². The smallest absolute Gasteiger partial charge is 0.0541 e. The van der Waals surface area contributed by atoms with Crippen molar-refractivity contribution in [3.63, 3.8) is 0 Å². The van der Waals surface area contributed by atoms with Crippen molar-refractivity contribution in [3.05, 3.63) is 108 Å². The minimum Gasteiger partial charge on any atom is -0.309 e. The van der Waals surface area contributed by atoms with Gasteiger partial charge in [0.2, 0.25) is 0 Å². The first-order valence-electron chi connectivity index (χ1n) is 9.77. The van der Waals surface area contributed by atoms with Gasteiger partial charge in [0.1, 0.15) is 0 Å². The van der Waals surface area contributed by atoms with Crippen molar-refractivity contribution >= 4 is 39.5 Å². The number of aromatic nitrogens is 1. The van der Waals surface area contributed by atoms with E-state index in [1.54, 1.807) is 0 Å². The summed E-state index contributed by atoms with van der Waals surface area (Å²) in [5.41, 5.74) is 7.11. The van der Waals surface area contributed by atoms with Gasteiger partial charge in [-0.2, -0.15) is 0 Å². The van der Waals surface area contributed by atoms with Gasteiger partial charge in [-0.15, -0.1) is 0 Å². The van der Waals surface area contributed by atoms with Crippen molar-refractivity contribution in [1.82, 2.24) is 4.57 Å². The van der Waals surface area contributed by atoms with Crippen LogP contribution in [0, 0.1) is 0 Å². The minimum atomic E-state index is 0.753. The summed E-state index contributed by atoms with van der Waals surface area (Å²) in [6.07, 6.45) is 4.16. The Hall–Kier alpha value is -3.29. The second-order valence-electron chi connectivity index (χ2n) is 7.15. The third kappa shape index (κ3) is 3.04. The molecule has 29 heavy (non-hydrogen) atoms. The number of rotatable bonds is 3. The van der Waals surface area contributed by atoms with Gasteiger partial charge in [-0.25, -0.2) is 0 Å². The number of halogens is 1. The van der Waals surface area contributed by atoms with Crippen molar-refractivity contribution < 1.29 is 0 Å².